The maximum absolute atomic E-state index is 13.3. The second-order valence-corrected chi connectivity index (χ2v) is 11.1. The highest BCUT2D eigenvalue weighted by Crippen LogP contribution is 2.56. The number of carbonyl (C=O) groups excluding carboxylic acids is 2. The van der Waals surface area contributed by atoms with Crippen molar-refractivity contribution in [3.63, 3.8) is 0 Å². The summed E-state index contributed by atoms with van der Waals surface area (Å²) in [5.41, 5.74) is 0.131. The quantitative estimate of drug-likeness (QED) is 0.726. The molecule has 1 aromatic heterocycles. The molecule has 0 radical (unpaired) electrons. The van der Waals surface area contributed by atoms with Crippen LogP contribution in [0.2, 0.25) is 0 Å². The summed E-state index contributed by atoms with van der Waals surface area (Å²) in [6.07, 6.45) is 6.71. The third-order valence-corrected chi connectivity index (χ3v) is 8.14. The number of nitrogens with zero attached hydrogens (tertiary/aromatic N) is 2. The Morgan fingerprint density at radius 2 is 1.93 bits per heavy atom. The molecule has 6 heteroatoms. The molecule has 1 aliphatic rings. The Bertz CT molecular complexity index is 813. The van der Waals surface area contributed by atoms with Crippen LogP contribution in [0.25, 0.3) is 0 Å². The Morgan fingerprint density at radius 1 is 1.28 bits per heavy atom. The Kier molecular flexibility index (Phi) is 7.19. The first-order valence-electron chi connectivity index (χ1n) is 11.0. The molecule has 0 aliphatic heterocycles. The topological polar surface area (TPSA) is 63.5 Å². The summed E-state index contributed by atoms with van der Waals surface area (Å²) < 4.78 is 3.03. The highest BCUT2D eigenvalue weighted by atomic mass is 32.1. The molecule has 0 spiro atoms. The molecule has 1 saturated carbocycles. The summed E-state index contributed by atoms with van der Waals surface area (Å²) in [4.78, 5) is 30.6. The maximum Gasteiger partial charge on any atom is 0.250 e. The van der Waals surface area contributed by atoms with Crippen LogP contribution in [0.1, 0.15) is 86.6 Å². The molecule has 164 valence electrons. The number of aryl methyl sites for hydroxylation is 1. The van der Waals surface area contributed by atoms with E-state index >= 15 is 0 Å². The third kappa shape index (κ3) is 4.68. The monoisotopic (exact) mass is 421 g/mol. The molecule has 0 bridgehead atoms. The molecular formula is C23H39N3O2S. The summed E-state index contributed by atoms with van der Waals surface area (Å²) in [6.45, 7) is 17.3. The molecule has 1 N–H and O–H groups in total. The lowest BCUT2D eigenvalue weighted by Crippen LogP contribution is -2.48. The van der Waals surface area contributed by atoms with E-state index in [0.29, 0.717) is 19.4 Å². The molecule has 2 atom stereocenters. The third-order valence-electron chi connectivity index (χ3n) is 6.77. The predicted molar refractivity (Wildman–Crippen MR) is 120 cm³/mol. The van der Waals surface area contributed by atoms with E-state index in [1.165, 1.54) is 0 Å². The molecule has 1 aromatic rings. The first-order valence-corrected chi connectivity index (χ1v) is 11.7. The minimum absolute atomic E-state index is 0.0358. The number of rotatable bonds is 6. The SMILES string of the molecule is CCCCc1cn(C(C)(C)C)sc1=NC(=O)[C@H]1CC[C@@](C)(C(=O)NCC)C1(C)C. The van der Waals surface area contributed by atoms with Gasteiger partial charge in [0.2, 0.25) is 5.91 Å². The summed E-state index contributed by atoms with van der Waals surface area (Å²) >= 11 is 1.57. The van der Waals surface area contributed by atoms with Gasteiger partial charge in [0.25, 0.3) is 5.91 Å². The zero-order valence-corrected chi connectivity index (χ0v) is 20.3. The van der Waals surface area contributed by atoms with Gasteiger partial charge in [0.05, 0.1) is 5.41 Å². The number of unbranched alkanes of at least 4 members (excludes halogenated alkanes) is 1. The van der Waals surface area contributed by atoms with Crippen molar-refractivity contribution in [2.75, 3.05) is 6.54 Å². The van der Waals surface area contributed by atoms with Crippen LogP contribution in [0.5, 0.6) is 0 Å². The molecule has 2 amide bonds. The largest absolute Gasteiger partial charge is 0.356 e. The van der Waals surface area contributed by atoms with E-state index in [1.807, 2.05) is 13.8 Å². The van der Waals surface area contributed by atoms with Crippen LogP contribution in [-0.2, 0) is 21.5 Å². The second kappa shape index (κ2) is 8.75. The molecule has 1 fully saturated rings. The van der Waals surface area contributed by atoms with Crippen molar-refractivity contribution in [2.45, 2.75) is 93.0 Å². The second-order valence-electron chi connectivity index (χ2n) is 10.1. The number of aromatic nitrogens is 1. The highest BCUT2D eigenvalue weighted by Gasteiger charge is 2.57. The molecule has 0 aromatic carbocycles. The van der Waals surface area contributed by atoms with E-state index in [1.54, 1.807) is 11.5 Å². The first-order chi connectivity index (χ1) is 13.4. The van der Waals surface area contributed by atoms with Gasteiger partial charge in [-0.3, -0.25) is 13.5 Å². The van der Waals surface area contributed by atoms with E-state index in [9.17, 15) is 9.59 Å². The summed E-state index contributed by atoms with van der Waals surface area (Å²) in [5.74, 6) is -0.270. The zero-order valence-electron chi connectivity index (χ0n) is 19.5. The smallest absolute Gasteiger partial charge is 0.250 e. The number of hydrogen-bond donors (Lipinski definition) is 1. The number of amides is 2. The Labute approximate surface area is 180 Å². The Hall–Kier alpha value is -1.43. The normalized spacial score (nSPS) is 24.7. The van der Waals surface area contributed by atoms with Gasteiger partial charge in [-0.1, -0.05) is 34.1 Å². The minimum Gasteiger partial charge on any atom is -0.356 e. The number of carbonyl (C=O) groups is 2. The van der Waals surface area contributed by atoms with E-state index in [0.717, 1.165) is 29.5 Å². The van der Waals surface area contributed by atoms with Crippen molar-refractivity contribution >= 4 is 23.3 Å². The van der Waals surface area contributed by atoms with Crippen molar-refractivity contribution in [2.24, 2.45) is 21.7 Å². The van der Waals surface area contributed by atoms with E-state index in [-0.39, 0.29) is 23.3 Å². The lowest BCUT2D eigenvalue weighted by atomic mass is 9.65. The van der Waals surface area contributed by atoms with Gasteiger partial charge < -0.3 is 5.32 Å². The average Bonchev–Trinajstić information content (AvgIpc) is 3.12. The molecule has 0 saturated heterocycles. The molecular weight excluding hydrogens is 382 g/mol. The molecule has 5 nitrogen and oxygen atoms in total. The van der Waals surface area contributed by atoms with Crippen LogP contribution in [0.3, 0.4) is 0 Å². The van der Waals surface area contributed by atoms with Crippen molar-refractivity contribution in [1.82, 2.24) is 9.27 Å². The minimum atomic E-state index is -0.551. The van der Waals surface area contributed by atoms with Crippen molar-refractivity contribution in [3.05, 3.63) is 16.4 Å². The van der Waals surface area contributed by atoms with Crippen LogP contribution in [0.4, 0.5) is 0 Å². The van der Waals surface area contributed by atoms with Gasteiger partial charge in [0.1, 0.15) is 4.67 Å². The fourth-order valence-corrected chi connectivity index (χ4v) is 5.25. The highest BCUT2D eigenvalue weighted by molar-refractivity contribution is 7.04. The van der Waals surface area contributed by atoms with Gasteiger partial charge in [-0.05, 0) is 70.3 Å². The first kappa shape index (κ1) is 23.8. The summed E-state index contributed by atoms with van der Waals surface area (Å²) in [5, 5.41) is 2.96. The summed E-state index contributed by atoms with van der Waals surface area (Å²) in [6, 6.07) is 0. The van der Waals surface area contributed by atoms with Crippen LogP contribution in [-0.4, -0.2) is 22.3 Å². The Balaban J connectivity index is 2.39. The van der Waals surface area contributed by atoms with Crippen LogP contribution in [0, 0.1) is 16.7 Å². The molecule has 2 rings (SSSR count). The predicted octanol–water partition coefficient (Wildman–Crippen LogP) is 4.65. The lowest BCUT2D eigenvalue weighted by molar-refractivity contribution is -0.138. The van der Waals surface area contributed by atoms with Crippen molar-refractivity contribution in [3.8, 4) is 0 Å². The van der Waals surface area contributed by atoms with Gasteiger partial charge in [0.15, 0.2) is 0 Å². The number of hydrogen-bond acceptors (Lipinski definition) is 3. The van der Waals surface area contributed by atoms with E-state index in [2.05, 4.69) is 62.0 Å². The van der Waals surface area contributed by atoms with Gasteiger partial charge in [0, 0.05) is 29.8 Å². The van der Waals surface area contributed by atoms with Gasteiger partial charge in [-0.25, -0.2) is 4.99 Å². The molecule has 1 heterocycles. The van der Waals surface area contributed by atoms with Crippen LogP contribution in [0.15, 0.2) is 11.2 Å². The van der Waals surface area contributed by atoms with E-state index < -0.39 is 10.8 Å². The Morgan fingerprint density at radius 3 is 2.48 bits per heavy atom. The van der Waals surface area contributed by atoms with Crippen molar-refractivity contribution in [1.29, 1.82) is 0 Å². The van der Waals surface area contributed by atoms with Crippen LogP contribution < -0.4 is 9.99 Å². The maximum atomic E-state index is 13.3. The fraction of sp³-hybridized carbons (Fsp3) is 0.783. The van der Waals surface area contributed by atoms with Crippen LogP contribution >= 0.6 is 11.5 Å². The molecule has 0 unspecified atom stereocenters. The average molecular weight is 422 g/mol. The molecule has 1 aliphatic carbocycles. The lowest BCUT2D eigenvalue weighted by Gasteiger charge is -2.39. The van der Waals surface area contributed by atoms with E-state index in [4.69, 9.17) is 0 Å². The fourth-order valence-electron chi connectivity index (χ4n) is 4.21. The van der Waals surface area contributed by atoms with Crippen molar-refractivity contribution < 1.29 is 9.59 Å². The van der Waals surface area contributed by atoms with Gasteiger partial charge in [-0.2, -0.15) is 0 Å². The number of nitrogens with one attached hydrogen (secondary N) is 1. The molecule has 29 heavy (non-hydrogen) atoms. The summed E-state index contributed by atoms with van der Waals surface area (Å²) in [7, 11) is 0. The standard InChI is InChI=1S/C23H39N3O2S/c1-9-11-12-16-15-26(21(3,4)5)29-19(16)25-18(27)17-13-14-23(8,22(17,6)7)20(28)24-10-2/h15,17H,9-14H2,1-8H3,(H,24,28)/t17-,23+/m1/s1. The van der Waals surface area contributed by atoms with Gasteiger partial charge in [-0.15, -0.1) is 0 Å². The zero-order chi connectivity index (χ0) is 22.0. The van der Waals surface area contributed by atoms with Gasteiger partial charge >= 0.3 is 0 Å².